The molecule has 9 N–H and O–H groups in total. The van der Waals surface area contributed by atoms with E-state index in [1.54, 1.807) is 13.8 Å². The summed E-state index contributed by atoms with van der Waals surface area (Å²) in [5, 5.41) is 21.4. The normalized spacial score (nSPS) is 13.4. The molecule has 0 rings (SSSR count). The third-order valence-electron chi connectivity index (χ3n) is 4.38. The van der Waals surface area contributed by atoms with Crippen molar-refractivity contribution >= 4 is 28.8 Å². The Bertz CT molecular complexity index is 590. The zero-order valence-electron chi connectivity index (χ0n) is 18.4. The number of carbonyl (C=O) groups is 4. The predicted octanol–water partition coefficient (Wildman–Crippen LogP) is -0.276. The van der Waals surface area contributed by atoms with Gasteiger partial charge in [-0.15, -0.1) is 0 Å². The molecule has 0 bridgehead atoms. The second-order valence-corrected chi connectivity index (χ2v) is 7.66. The molecule has 3 atom stereocenters. The Kier molecular flexibility index (Phi) is 18.0. The van der Waals surface area contributed by atoms with Gasteiger partial charge in [-0.1, -0.05) is 0 Å². The summed E-state index contributed by atoms with van der Waals surface area (Å²) in [5.74, 6) is -2.86. The smallest absolute Gasteiger partial charge is 0.693 e. The molecule has 0 aromatic rings. The fourth-order valence-electron chi connectivity index (χ4n) is 2.77. The quantitative estimate of drug-likeness (QED) is 0.161. The van der Waals surface area contributed by atoms with Gasteiger partial charge in [-0.2, -0.15) is 0 Å². The molecule has 0 aromatic carbocycles. The Morgan fingerprint density at radius 1 is 0.968 bits per heavy atom. The van der Waals surface area contributed by atoms with Gasteiger partial charge in [0.1, 0.15) is 0 Å². The van der Waals surface area contributed by atoms with Gasteiger partial charge in [-0.25, -0.2) is 0 Å². The number of rotatable bonds is 16. The minimum atomic E-state index is -1.15. The molecule has 0 aliphatic rings. The Hall–Kier alpha value is -1.86. The molecule has 0 fully saturated rings. The van der Waals surface area contributed by atoms with Crippen molar-refractivity contribution in [2.45, 2.75) is 71.0 Å². The van der Waals surface area contributed by atoms with E-state index in [-0.39, 0.29) is 24.4 Å². The molecule has 0 aliphatic carbocycles. The van der Waals surface area contributed by atoms with Gasteiger partial charge in [-0.3, -0.25) is 4.79 Å². The summed E-state index contributed by atoms with van der Waals surface area (Å²) in [5.41, 5.74) is 5.48. The van der Waals surface area contributed by atoms with Crippen LogP contribution >= 0.6 is 0 Å². The first-order valence-electron chi connectivity index (χ1n) is 10.1. The van der Waals surface area contributed by atoms with Crippen molar-refractivity contribution in [3.8, 4) is 0 Å². The number of hydrogen-bond acceptors (Lipinski definition) is 6. The average Bonchev–Trinajstić information content (AvgIpc) is 2.66. The number of amides is 3. The number of unbranched alkanes of at least 4 members (excludes halogenated alkanes) is 1. The van der Waals surface area contributed by atoms with Crippen molar-refractivity contribution in [1.82, 2.24) is 21.3 Å². The first kappa shape index (κ1) is 31.3. The van der Waals surface area contributed by atoms with Crippen LogP contribution in [-0.2, 0) is 34.5 Å². The van der Waals surface area contributed by atoms with Gasteiger partial charge in [0.2, 0.25) is 5.91 Å². The molecule has 183 valence electrons. The summed E-state index contributed by atoms with van der Waals surface area (Å²) in [6.07, 6.45) is 2.48. The van der Waals surface area contributed by atoms with Crippen LogP contribution in [0, 0.1) is 5.92 Å². The molecule has 12 heteroatoms. The fraction of sp³-hybridized carbons (Fsp3) is 0.737. The van der Waals surface area contributed by atoms with Crippen molar-refractivity contribution in [3.05, 3.63) is 6.15 Å². The summed E-state index contributed by atoms with van der Waals surface area (Å²) in [6, 6.07) is -2.80. The fourth-order valence-corrected chi connectivity index (χ4v) is 2.92. The van der Waals surface area contributed by atoms with E-state index < -0.39 is 35.9 Å². The van der Waals surface area contributed by atoms with Gasteiger partial charge in [0, 0.05) is 6.92 Å². The third-order valence-corrected chi connectivity index (χ3v) is 4.60. The van der Waals surface area contributed by atoms with E-state index in [0.29, 0.717) is 38.8 Å². The van der Waals surface area contributed by atoms with Gasteiger partial charge in [0.05, 0.1) is 0 Å². The van der Waals surface area contributed by atoms with Crippen molar-refractivity contribution in [3.63, 3.8) is 0 Å². The number of carboxylic acids is 1. The number of nitrogens with one attached hydrogen (secondary N) is 4. The Balaban J connectivity index is 0. The van der Waals surface area contributed by atoms with Gasteiger partial charge < -0.3 is 17.2 Å². The summed E-state index contributed by atoms with van der Waals surface area (Å²) < 4.78 is 0. The summed E-state index contributed by atoms with van der Waals surface area (Å²) in [7, 11) is 0. The Morgan fingerprint density at radius 3 is 2.06 bits per heavy atom. The molecular weight excluding hydrogens is 451 g/mol. The molecule has 0 aromatic heterocycles. The minimum Gasteiger partial charge on any atom is -0.693 e. The standard InChI is InChI=1S/C19H35N5O5.Co.H2N/c1-12(2)16(18(27)23-15(19(28)29)9-7-11-21-4)24-17(26)14(22-13(3)25)8-5-6-10-20;;/h4,12,14-16,21H,5-11,20H2,1-3H3,(H,22,25)(H,23,27)(H,24,26)(H,28,29);;1H2/q;;-1/t14-,15+,16+;;/m1../s1. The largest absolute Gasteiger partial charge is 0.693 e. The van der Waals surface area contributed by atoms with Crippen LogP contribution in [0.2, 0.25) is 0 Å². The molecule has 0 spiro atoms. The molecule has 31 heavy (non-hydrogen) atoms. The summed E-state index contributed by atoms with van der Waals surface area (Å²) in [6.45, 7) is 5.80. The summed E-state index contributed by atoms with van der Waals surface area (Å²) in [4.78, 5) is 48.3. The Labute approximate surface area is 191 Å². The van der Waals surface area contributed by atoms with Crippen LogP contribution in [0.4, 0.5) is 0 Å². The maximum atomic E-state index is 12.7. The molecule has 11 nitrogen and oxygen atoms in total. The van der Waals surface area contributed by atoms with E-state index in [2.05, 4.69) is 36.6 Å². The van der Waals surface area contributed by atoms with Crippen molar-refractivity contribution in [2.24, 2.45) is 11.7 Å². The second kappa shape index (κ2) is 17.8. The number of carbonyl (C=O) groups excluding carboxylic acids is 3. The van der Waals surface area contributed by atoms with E-state index in [9.17, 15) is 24.3 Å². The zero-order valence-corrected chi connectivity index (χ0v) is 19.4. The number of hydrogen-bond donors (Lipinski definition) is 6. The maximum absolute atomic E-state index is 12.7. The molecule has 3 amide bonds. The van der Waals surface area contributed by atoms with Gasteiger partial charge >= 0.3 is 131 Å². The molecule has 0 radical (unpaired) electrons. The van der Waals surface area contributed by atoms with Crippen LogP contribution in [0.15, 0.2) is 0 Å². The first-order chi connectivity index (χ1) is 14.1. The first-order valence-corrected chi connectivity index (χ1v) is 10.7. The van der Waals surface area contributed by atoms with E-state index in [1.807, 2.05) is 0 Å². The SMILES string of the molecule is CC(=O)N[C@H](CCCCN)C(=O)N[C@H](C(=O)N[C@@H](CCCN[CH]=[Co])C(=O)O)C(C)C.[NH2-]. The molecule has 0 unspecified atom stereocenters. The van der Waals surface area contributed by atoms with E-state index in [4.69, 9.17) is 5.73 Å². The monoisotopic (exact) mass is 488 g/mol. The number of carboxylic acid groups (broad SMARTS) is 1. The van der Waals surface area contributed by atoms with E-state index in [0.717, 1.165) is 0 Å². The van der Waals surface area contributed by atoms with Gasteiger partial charge in [-0.05, 0) is 25.8 Å². The van der Waals surface area contributed by atoms with Crippen LogP contribution in [0.3, 0.4) is 0 Å². The predicted molar refractivity (Wildman–Crippen MR) is 115 cm³/mol. The molecule has 0 saturated carbocycles. The van der Waals surface area contributed by atoms with Crippen molar-refractivity contribution in [2.75, 3.05) is 13.1 Å². The van der Waals surface area contributed by atoms with Crippen molar-refractivity contribution in [1.29, 1.82) is 0 Å². The van der Waals surface area contributed by atoms with E-state index in [1.165, 1.54) is 12.0 Å². The van der Waals surface area contributed by atoms with Gasteiger partial charge in [0.25, 0.3) is 0 Å². The topological polar surface area (TPSA) is 196 Å². The molecular formula is C19H37CoN6O5-. The van der Waals surface area contributed by atoms with Crippen LogP contribution in [-0.4, -0.2) is 65.1 Å². The van der Waals surface area contributed by atoms with Gasteiger partial charge in [0.15, 0.2) is 0 Å². The van der Waals surface area contributed by atoms with Crippen LogP contribution in [0.1, 0.15) is 52.9 Å². The van der Waals surface area contributed by atoms with Crippen LogP contribution < -0.4 is 27.0 Å². The Morgan fingerprint density at radius 2 is 1.58 bits per heavy atom. The zero-order chi connectivity index (χ0) is 23.1. The summed E-state index contributed by atoms with van der Waals surface area (Å²) >= 11 is 3.94. The average molecular weight is 488 g/mol. The maximum Gasteiger partial charge on any atom is -0.693 e. The van der Waals surface area contributed by atoms with Crippen LogP contribution in [0.25, 0.3) is 6.15 Å². The van der Waals surface area contributed by atoms with Crippen LogP contribution in [0.5, 0.6) is 0 Å². The number of nitrogens with two attached hydrogens (primary N) is 2. The third kappa shape index (κ3) is 13.9. The van der Waals surface area contributed by atoms with E-state index >= 15 is 0 Å². The molecule has 0 saturated heterocycles. The molecule has 0 heterocycles. The number of aliphatic carboxylic acids is 1. The van der Waals surface area contributed by atoms with Crippen molar-refractivity contribution < 1.29 is 39.6 Å². The minimum absolute atomic E-state index is 0. The second-order valence-electron chi connectivity index (χ2n) is 7.36. The molecule has 0 aliphatic heterocycles.